The number of benzene rings is 1. The molecule has 0 bridgehead atoms. The molecule has 1 atom stereocenters. The van der Waals surface area contributed by atoms with Gasteiger partial charge in [0.1, 0.15) is 5.75 Å². The van der Waals surface area contributed by atoms with Crippen molar-refractivity contribution in [2.45, 2.75) is 19.8 Å². The Kier molecular flexibility index (Phi) is 6.31. The third-order valence-electron chi connectivity index (χ3n) is 3.46. The number of carbonyl (C=O) groups excluding carboxylic acids is 1. The van der Waals surface area contributed by atoms with Crippen molar-refractivity contribution in [1.82, 2.24) is 4.90 Å². The number of hydrogen-bond acceptors (Lipinski definition) is 3. The predicted octanol–water partition coefficient (Wildman–Crippen LogP) is 3.47. The quantitative estimate of drug-likeness (QED) is 0.851. The smallest absolute Gasteiger partial charge is 0.169 e. The number of carbonyl (C=O) groups is 1. The molecule has 0 aliphatic heterocycles. The van der Waals surface area contributed by atoms with Crippen LogP contribution in [0.25, 0.3) is 0 Å². The number of ketones is 1. The van der Waals surface area contributed by atoms with E-state index < -0.39 is 0 Å². The van der Waals surface area contributed by atoms with Crippen LogP contribution >= 0.6 is 24.0 Å². The first kappa shape index (κ1) is 17.3. The lowest BCUT2D eigenvalue weighted by molar-refractivity contribution is 0.0876. The van der Waals surface area contributed by atoms with Crippen LogP contribution in [0.2, 0.25) is 5.02 Å². The molecule has 0 spiro atoms. The van der Waals surface area contributed by atoms with Gasteiger partial charge in [-0.3, -0.25) is 4.79 Å². The Labute approximate surface area is 131 Å². The predicted molar refractivity (Wildman–Crippen MR) is 84.6 cm³/mol. The lowest BCUT2D eigenvalue weighted by Gasteiger charge is -2.27. The molecular weight excluding hydrogens is 297 g/mol. The Morgan fingerprint density at radius 3 is 2.70 bits per heavy atom. The van der Waals surface area contributed by atoms with E-state index in [1.54, 1.807) is 6.07 Å². The lowest BCUT2D eigenvalue weighted by Crippen LogP contribution is -2.32. The summed E-state index contributed by atoms with van der Waals surface area (Å²) in [6.45, 7) is 3.32. The fourth-order valence-corrected chi connectivity index (χ4v) is 2.94. The third kappa shape index (κ3) is 3.46. The van der Waals surface area contributed by atoms with Gasteiger partial charge in [0.2, 0.25) is 0 Å². The molecule has 20 heavy (non-hydrogen) atoms. The second-order valence-corrected chi connectivity index (χ2v) is 5.60. The average Bonchev–Trinajstić information content (AvgIpc) is 2.35. The van der Waals surface area contributed by atoms with Crippen LogP contribution in [-0.4, -0.2) is 37.9 Å². The molecule has 1 unspecified atom stereocenters. The SMILES string of the molecule is CCOc1ccc(Cl)c2c1CCC(CN(C)C)C2=O.Cl. The maximum absolute atomic E-state index is 12.6. The van der Waals surface area contributed by atoms with E-state index in [9.17, 15) is 4.79 Å². The highest BCUT2D eigenvalue weighted by Crippen LogP contribution is 2.36. The van der Waals surface area contributed by atoms with E-state index in [2.05, 4.69) is 0 Å². The lowest BCUT2D eigenvalue weighted by atomic mass is 9.82. The van der Waals surface area contributed by atoms with Crippen molar-refractivity contribution < 1.29 is 9.53 Å². The molecule has 1 aromatic rings. The summed E-state index contributed by atoms with van der Waals surface area (Å²) in [5, 5.41) is 0.548. The van der Waals surface area contributed by atoms with Crippen LogP contribution in [0.4, 0.5) is 0 Å². The van der Waals surface area contributed by atoms with Crippen molar-refractivity contribution in [3.05, 3.63) is 28.3 Å². The monoisotopic (exact) mass is 317 g/mol. The van der Waals surface area contributed by atoms with Crippen LogP contribution in [0.3, 0.4) is 0 Å². The molecule has 0 N–H and O–H groups in total. The Morgan fingerprint density at radius 1 is 1.40 bits per heavy atom. The van der Waals surface area contributed by atoms with Gasteiger partial charge in [0, 0.05) is 23.6 Å². The molecule has 2 rings (SSSR count). The zero-order valence-electron chi connectivity index (χ0n) is 12.1. The maximum Gasteiger partial charge on any atom is 0.169 e. The summed E-state index contributed by atoms with van der Waals surface area (Å²) in [4.78, 5) is 14.6. The topological polar surface area (TPSA) is 29.5 Å². The summed E-state index contributed by atoms with van der Waals surface area (Å²) < 4.78 is 5.60. The van der Waals surface area contributed by atoms with E-state index in [0.29, 0.717) is 17.2 Å². The summed E-state index contributed by atoms with van der Waals surface area (Å²) in [5.41, 5.74) is 1.65. The highest BCUT2D eigenvalue weighted by atomic mass is 35.5. The first-order chi connectivity index (χ1) is 9.04. The molecule has 1 aliphatic rings. The molecule has 0 fully saturated rings. The van der Waals surface area contributed by atoms with Crippen molar-refractivity contribution in [2.75, 3.05) is 27.2 Å². The highest BCUT2D eigenvalue weighted by molar-refractivity contribution is 6.34. The normalized spacial score (nSPS) is 17.6. The number of Topliss-reactive ketones (excluding diaryl/α,β-unsaturated/α-hetero) is 1. The maximum atomic E-state index is 12.6. The van der Waals surface area contributed by atoms with Crippen molar-refractivity contribution in [2.24, 2.45) is 5.92 Å². The number of halogens is 2. The molecule has 112 valence electrons. The van der Waals surface area contributed by atoms with Crippen molar-refractivity contribution in [3.63, 3.8) is 0 Å². The fourth-order valence-electron chi connectivity index (χ4n) is 2.67. The van der Waals surface area contributed by atoms with E-state index in [-0.39, 0.29) is 24.1 Å². The van der Waals surface area contributed by atoms with Gasteiger partial charge in [-0.1, -0.05) is 11.6 Å². The third-order valence-corrected chi connectivity index (χ3v) is 3.78. The Hall–Kier alpha value is -0.770. The molecule has 3 nitrogen and oxygen atoms in total. The summed E-state index contributed by atoms with van der Waals surface area (Å²) in [6.07, 6.45) is 1.72. The van der Waals surface area contributed by atoms with Gasteiger partial charge in [-0.05, 0) is 46.0 Å². The zero-order valence-corrected chi connectivity index (χ0v) is 13.7. The van der Waals surface area contributed by atoms with Crippen LogP contribution in [0.15, 0.2) is 12.1 Å². The number of hydrogen-bond donors (Lipinski definition) is 0. The molecule has 1 aromatic carbocycles. The van der Waals surface area contributed by atoms with Gasteiger partial charge in [0.05, 0.1) is 11.6 Å². The average molecular weight is 318 g/mol. The van der Waals surface area contributed by atoms with Crippen molar-refractivity contribution in [3.8, 4) is 5.75 Å². The second-order valence-electron chi connectivity index (χ2n) is 5.19. The van der Waals surface area contributed by atoms with Gasteiger partial charge in [0.25, 0.3) is 0 Å². The van der Waals surface area contributed by atoms with Gasteiger partial charge in [-0.2, -0.15) is 0 Å². The molecule has 0 heterocycles. The molecular formula is C15H21Cl2NO2. The number of nitrogens with zero attached hydrogens (tertiary/aromatic N) is 1. The molecule has 1 aliphatic carbocycles. The number of ether oxygens (including phenoxy) is 1. The van der Waals surface area contributed by atoms with E-state index in [1.165, 1.54) is 0 Å². The highest BCUT2D eigenvalue weighted by Gasteiger charge is 2.31. The standard InChI is InChI=1S/C15H20ClNO2.ClH/c1-4-19-13-8-7-12(16)14-11(13)6-5-10(15(14)18)9-17(2)3;/h7-8,10H,4-6,9H2,1-3H3;1H. The van der Waals surface area contributed by atoms with Gasteiger partial charge < -0.3 is 9.64 Å². The molecule has 0 saturated heterocycles. The van der Waals surface area contributed by atoms with Gasteiger partial charge in [0.15, 0.2) is 5.78 Å². The summed E-state index contributed by atoms with van der Waals surface area (Å²) in [6, 6.07) is 3.63. The summed E-state index contributed by atoms with van der Waals surface area (Å²) in [5.74, 6) is 0.997. The Morgan fingerprint density at radius 2 is 2.10 bits per heavy atom. The van der Waals surface area contributed by atoms with Crippen LogP contribution in [-0.2, 0) is 6.42 Å². The Bertz CT molecular complexity index is 489. The summed E-state index contributed by atoms with van der Waals surface area (Å²) >= 11 is 6.22. The second kappa shape index (κ2) is 7.30. The first-order valence-corrected chi connectivity index (χ1v) is 7.05. The summed E-state index contributed by atoms with van der Waals surface area (Å²) in [7, 11) is 3.97. The van der Waals surface area contributed by atoms with Crippen molar-refractivity contribution in [1.29, 1.82) is 0 Å². The zero-order chi connectivity index (χ0) is 14.0. The first-order valence-electron chi connectivity index (χ1n) is 6.67. The minimum atomic E-state index is 0. The molecule has 0 amide bonds. The minimum Gasteiger partial charge on any atom is -0.494 e. The largest absolute Gasteiger partial charge is 0.494 e. The fraction of sp³-hybridized carbons (Fsp3) is 0.533. The van der Waals surface area contributed by atoms with Gasteiger partial charge >= 0.3 is 0 Å². The molecule has 0 saturated carbocycles. The number of rotatable bonds is 4. The molecule has 0 aromatic heterocycles. The minimum absolute atomic E-state index is 0. The van der Waals surface area contributed by atoms with Crippen LogP contribution in [0.1, 0.15) is 29.3 Å². The Balaban J connectivity index is 0.00000200. The van der Waals surface area contributed by atoms with Crippen molar-refractivity contribution >= 4 is 29.8 Å². The van der Waals surface area contributed by atoms with Crippen LogP contribution in [0.5, 0.6) is 5.75 Å². The molecule has 5 heteroatoms. The van der Waals surface area contributed by atoms with Crippen LogP contribution < -0.4 is 4.74 Å². The van der Waals surface area contributed by atoms with Gasteiger partial charge in [-0.15, -0.1) is 12.4 Å². The van der Waals surface area contributed by atoms with Gasteiger partial charge in [-0.25, -0.2) is 0 Å². The van der Waals surface area contributed by atoms with E-state index in [4.69, 9.17) is 16.3 Å². The number of fused-ring (bicyclic) bond motifs is 1. The van der Waals surface area contributed by atoms with Crippen LogP contribution in [0, 0.1) is 5.92 Å². The van der Waals surface area contributed by atoms with E-state index in [0.717, 1.165) is 30.7 Å². The van der Waals surface area contributed by atoms with E-state index >= 15 is 0 Å². The van der Waals surface area contributed by atoms with E-state index in [1.807, 2.05) is 32.0 Å². The molecule has 0 radical (unpaired) electrons.